The molecule has 0 unspecified atom stereocenters. The van der Waals surface area contributed by atoms with Crippen LogP contribution in [0.2, 0.25) is 0 Å². The number of nitrogens with one attached hydrogen (secondary N) is 1. The third-order valence-corrected chi connectivity index (χ3v) is 4.65. The molecule has 0 radical (unpaired) electrons. The molecule has 0 amide bonds. The highest BCUT2D eigenvalue weighted by Gasteiger charge is 2.21. The molecule has 0 spiro atoms. The van der Waals surface area contributed by atoms with Gasteiger partial charge in [-0.05, 0) is 56.7 Å². The van der Waals surface area contributed by atoms with Crippen LogP contribution < -0.4 is 14.8 Å². The fourth-order valence-corrected chi connectivity index (χ4v) is 3.55. The van der Waals surface area contributed by atoms with Crippen molar-refractivity contribution >= 4 is 11.8 Å². The van der Waals surface area contributed by atoms with E-state index in [9.17, 15) is 0 Å². The minimum atomic E-state index is 0.317. The second-order valence-corrected chi connectivity index (χ2v) is 6.79. The van der Waals surface area contributed by atoms with Crippen LogP contribution in [0.3, 0.4) is 0 Å². The molecule has 3 heterocycles. The number of hydrogen-bond acceptors (Lipinski definition) is 5. The van der Waals surface area contributed by atoms with E-state index >= 15 is 0 Å². The Balaban J connectivity index is 1.34. The Labute approximate surface area is 148 Å². The number of furan rings is 1. The maximum atomic E-state index is 5.46. The molecule has 2 aromatic rings. The van der Waals surface area contributed by atoms with Crippen molar-refractivity contribution in [3.8, 4) is 11.5 Å². The number of benzene rings is 1. The highest BCUT2D eigenvalue weighted by atomic mass is 16.7. The Kier molecular flexibility index (Phi) is 4.65. The van der Waals surface area contributed by atoms with Crippen LogP contribution in [-0.2, 0) is 0 Å². The van der Waals surface area contributed by atoms with Gasteiger partial charge in [-0.2, -0.15) is 0 Å². The molecule has 1 saturated heterocycles. The highest BCUT2D eigenvalue weighted by Crippen LogP contribution is 2.34. The molecule has 5 heteroatoms. The number of anilines is 1. The topological polar surface area (TPSA) is 46.9 Å². The zero-order valence-corrected chi connectivity index (χ0v) is 14.5. The van der Waals surface area contributed by atoms with E-state index in [-0.39, 0.29) is 0 Å². The first kappa shape index (κ1) is 16.1. The number of piperidine rings is 1. The first-order valence-electron chi connectivity index (χ1n) is 8.85. The average Bonchev–Trinajstić information content (AvgIpc) is 3.26. The van der Waals surface area contributed by atoms with Gasteiger partial charge < -0.3 is 19.2 Å². The second-order valence-electron chi connectivity index (χ2n) is 6.79. The Morgan fingerprint density at radius 2 is 2.20 bits per heavy atom. The van der Waals surface area contributed by atoms with Crippen molar-refractivity contribution in [2.75, 3.05) is 31.7 Å². The summed E-state index contributed by atoms with van der Waals surface area (Å²) in [6, 6.07) is 10.4. The summed E-state index contributed by atoms with van der Waals surface area (Å²) in [5.74, 6) is 2.58. The summed E-state index contributed by atoms with van der Waals surface area (Å²) >= 11 is 0. The summed E-state index contributed by atoms with van der Waals surface area (Å²) in [4.78, 5) is 2.50. The van der Waals surface area contributed by atoms with Gasteiger partial charge in [0.25, 0.3) is 0 Å². The molecule has 1 atom stereocenters. The number of fused-ring (bicyclic) bond motifs is 1. The molecule has 1 aromatic carbocycles. The van der Waals surface area contributed by atoms with Crippen LogP contribution in [0.5, 0.6) is 11.5 Å². The van der Waals surface area contributed by atoms with E-state index in [2.05, 4.69) is 29.3 Å². The average molecular weight is 340 g/mol. The molecular formula is C20H24N2O3. The normalized spacial score (nSPS) is 20.7. The maximum absolute atomic E-state index is 5.46. The lowest BCUT2D eigenvalue weighted by Crippen LogP contribution is -2.42. The van der Waals surface area contributed by atoms with Crippen LogP contribution in [0.4, 0.5) is 5.69 Å². The van der Waals surface area contributed by atoms with Gasteiger partial charge in [-0.1, -0.05) is 5.57 Å². The molecule has 2 aliphatic rings. The summed E-state index contributed by atoms with van der Waals surface area (Å²) in [7, 11) is 0. The predicted molar refractivity (Wildman–Crippen MR) is 98.0 cm³/mol. The fraction of sp³-hybridized carbons (Fsp3) is 0.400. The lowest BCUT2D eigenvalue weighted by Gasteiger charge is -2.33. The predicted octanol–water partition coefficient (Wildman–Crippen LogP) is 3.99. The van der Waals surface area contributed by atoms with Crippen molar-refractivity contribution in [1.29, 1.82) is 0 Å². The van der Waals surface area contributed by atoms with Gasteiger partial charge in [0.1, 0.15) is 5.76 Å². The smallest absolute Gasteiger partial charge is 0.231 e. The molecule has 4 rings (SSSR count). The van der Waals surface area contributed by atoms with Gasteiger partial charge in [0.2, 0.25) is 6.79 Å². The van der Waals surface area contributed by atoms with E-state index in [1.807, 2.05) is 24.3 Å². The number of rotatable bonds is 5. The van der Waals surface area contributed by atoms with Crippen LogP contribution in [0.25, 0.3) is 6.08 Å². The fourth-order valence-electron chi connectivity index (χ4n) is 3.55. The van der Waals surface area contributed by atoms with Gasteiger partial charge in [0.05, 0.1) is 6.26 Å². The molecule has 1 N–H and O–H groups in total. The number of ether oxygens (including phenoxy) is 2. The number of hydrogen-bond donors (Lipinski definition) is 1. The molecule has 0 saturated carbocycles. The van der Waals surface area contributed by atoms with Crippen LogP contribution >= 0.6 is 0 Å². The lowest BCUT2D eigenvalue weighted by molar-refractivity contribution is 0.174. The standard InChI is InChI=1S/C20H24N2O3/c1-15(10-18-5-3-9-23-18)12-22-8-2-4-17(13-22)21-16-6-7-19-20(11-16)25-14-24-19/h3,5-7,9-11,17,21H,2,4,8,12-14H2,1H3/b15-10+/t17-/m1/s1. The van der Waals surface area contributed by atoms with Gasteiger partial charge in [-0.3, -0.25) is 4.90 Å². The molecule has 25 heavy (non-hydrogen) atoms. The molecule has 1 fully saturated rings. The summed E-state index contributed by atoms with van der Waals surface area (Å²) in [5.41, 5.74) is 2.41. The molecule has 0 aliphatic carbocycles. The van der Waals surface area contributed by atoms with Gasteiger partial charge in [-0.25, -0.2) is 0 Å². The van der Waals surface area contributed by atoms with Crippen molar-refractivity contribution < 1.29 is 13.9 Å². The summed E-state index contributed by atoms with van der Waals surface area (Å²) in [6.45, 7) is 5.63. The third-order valence-electron chi connectivity index (χ3n) is 4.65. The molecule has 2 aliphatic heterocycles. The minimum Gasteiger partial charge on any atom is -0.465 e. The minimum absolute atomic E-state index is 0.317. The van der Waals surface area contributed by atoms with E-state index in [1.54, 1.807) is 6.26 Å². The summed E-state index contributed by atoms with van der Waals surface area (Å²) in [6.07, 6.45) is 6.22. The van der Waals surface area contributed by atoms with E-state index in [0.29, 0.717) is 12.8 Å². The largest absolute Gasteiger partial charge is 0.465 e. The summed E-state index contributed by atoms with van der Waals surface area (Å²) < 4.78 is 16.2. The molecule has 132 valence electrons. The van der Waals surface area contributed by atoms with Gasteiger partial charge in [0.15, 0.2) is 11.5 Å². The van der Waals surface area contributed by atoms with E-state index in [1.165, 1.54) is 18.4 Å². The van der Waals surface area contributed by atoms with Crippen molar-refractivity contribution in [1.82, 2.24) is 4.90 Å². The zero-order valence-electron chi connectivity index (χ0n) is 14.5. The first-order chi connectivity index (χ1) is 12.3. The molecule has 1 aromatic heterocycles. The third kappa shape index (κ3) is 3.99. The van der Waals surface area contributed by atoms with Gasteiger partial charge in [0, 0.05) is 30.9 Å². The molecule has 5 nitrogen and oxygen atoms in total. The van der Waals surface area contributed by atoms with Gasteiger partial charge in [-0.15, -0.1) is 0 Å². The second kappa shape index (κ2) is 7.23. The molecule has 0 bridgehead atoms. The van der Waals surface area contributed by atoms with E-state index < -0.39 is 0 Å². The number of nitrogens with zero attached hydrogens (tertiary/aromatic N) is 1. The Hall–Kier alpha value is -2.40. The van der Waals surface area contributed by atoms with Crippen LogP contribution in [0.15, 0.2) is 46.6 Å². The monoisotopic (exact) mass is 340 g/mol. The van der Waals surface area contributed by atoms with Crippen LogP contribution in [0.1, 0.15) is 25.5 Å². The Bertz CT molecular complexity index is 739. The Morgan fingerprint density at radius 3 is 3.08 bits per heavy atom. The van der Waals surface area contributed by atoms with Crippen LogP contribution in [-0.4, -0.2) is 37.4 Å². The zero-order chi connectivity index (χ0) is 17.1. The number of likely N-dealkylation sites (tertiary alicyclic amines) is 1. The first-order valence-corrected chi connectivity index (χ1v) is 8.85. The van der Waals surface area contributed by atoms with E-state index in [4.69, 9.17) is 13.9 Å². The summed E-state index contributed by atoms with van der Waals surface area (Å²) in [5, 5.41) is 3.64. The van der Waals surface area contributed by atoms with Crippen molar-refractivity contribution in [2.24, 2.45) is 0 Å². The maximum Gasteiger partial charge on any atom is 0.231 e. The molecular weight excluding hydrogens is 316 g/mol. The van der Waals surface area contributed by atoms with Crippen molar-refractivity contribution in [3.63, 3.8) is 0 Å². The van der Waals surface area contributed by atoms with Crippen molar-refractivity contribution in [2.45, 2.75) is 25.8 Å². The lowest BCUT2D eigenvalue weighted by atomic mass is 10.0. The van der Waals surface area contributed by atoms with E-state index in [0.717, 1.165) is 42.6 Å². The highest BCUT2D eigenvalue weighted by molar-refractivity contribution is 5.56. The van der Waals surface area contributed by atoms with Gasteiger partial charge >= 0.3 is 0 Å². The Morgan fingerprint density at radius 1 is 1.28 bits per heavy atom. The quantitative estimate of drug-likeness (QED) is 0.892. The SMILES string of the molecule is C/C(=C\c1ccco1)CN1CCC[C@@H](Nc2ccc3c(c2)OCO3)C1. The van der Waals surface area contributed by atoms with Crippen molar-refractivity contribution in [3.05, 3.63) is 47.9 Å². The van der Waals surface area contributed by atoms with Crippen LogP contribution in [0, 0.1) is 0 Å².